The first-order valence-corrected chi connectivity index (χ1v) is 6.45. The molecule has 88 valence electrons. The molecule has 0 bridgehead atoms. The van der Waals surface area contributed by atoms with Gasteiger partial charge in [0.25, 0.3) is 4.95 Å². The van der Waals surface area contributed by atoms with Crippen LogP contribution in [0.25, 0.3) is 0 Å². The van der Waals surface area contributed by atoms with Crippen LogP contribution in [0, 0.1) is 10.1 Å². The highest BCUT2D eigenvalue weighted by Crippen LogP contribution is 2.32. The Balaban J connectivity index is 2.85. The monoisotopic (exact) mass is 350 g/mol. The van der Waals surface area contributed by atoms with Crippen LogP contribution in [0.4, 0.5) is 5.69 Å². The molecule has 16 heavy (non-hydrogen) atoms. The summed E-state index contributed by atoms with van der Waals surface area (Å²) in [6.45, 7) is 0. The van der Waals surface area contributed by atoms with Crippen molar-refractivity contribution in [1.82, 2.24) is 0 Å². The zero-order chi connectivity index (χ0) is 12.3. The van der Waals surface area contributed by atoms with E-state index < -0.39 is 4.95 Å². The third-order valence-corrected chi connectivity index (χ3v) is 4.77. The lowest BCUT2D eigenvalue weighted by molar-refractivity contribution is -0.492. The summed E-state index contributed by atoms with van der Waals surface area (Å²) in [6, 6.07) is 7.63. The van der Waals surface area contributed by atoms with Crippen molar-refractivity contribution >= 4 is 37.5 Å². The Labute approximate surface area is 111 Å². The minimum atomic E-state index is -0.822. The highest BCUT2D eigenvalue weighted by Gasteiger charge is 2.27. The molecule has 0 saturated carbocycles. The smallest absolute Gasteiger partial charge is 0.282 e. The Kier molecular flexibility index (Phi) is 4.73. The van der Waals surface area contributed by atoms with Crippen LogP contribution in [0.15, 0.2) is 24.3 Å². The third-order valence-electron chi connectivity index (χ3n) is 2.17. The van der Waals surface area contributed by atoms with Crippen molar-refractivity contribution < 1.29 is 4.92 Å². The van der Waals surface area contributed by atoms with Gasteiger partial charge < -0.3 is 4.90 Å². The first kappa shape index (κ1) is 13.4. The van der Waals surface area contributed by atoms with E-state index in [0.29, 0.717) is 0 Å². The summed E-state index contributed by atoms with van der Waals surface area (Å²) >= 11 is 6.35. The third kappa shape index (κ3) is 3.18. The van der Waals surface area contributed by atoms with Crippen LogP contribution in [-0.2, 0) is 0 Å². The van der Waals surface area contributed by atoms with Gasteiger partial charge in [0, 0.05) is 24.7 Å². The molecule has 0 aromatic heterocycles. The zero-order valence-electron chi connectivity index (χ0n) is 8.93. The Bertz CT molecular complexity index is 368. The topological polar surface area (TPSA) is 46.4 Å². The molecule has 1 aromatic rings. The summed E-state index contributed by atoms with van der Waals surface area (Å²) < 4.78 is 0. The second-order valence-electron chi connectivity index (χ2n) is 3.55. The van der Waals surface area contributed by atoms with E-state index in [2.05, 4.69) is 31.9 Å². The number of nitrogens with zero attached hydrogens (tertiary/aromatic N) is 2. The average Bonchev–Trinajstić information content (AvgIpc) is 2.27. The second-order valence-corrected chi connectivity index (χ2v) is 5.47. The van der Waals surface area contributed by atoms with Gasteiger partial charge in [-0.2, -0.15) is 0 Å². The van der Waals surface area contributed by atoms with Gasteiger partial charge in [0.2, 0.25) is 0 Å². The van der Waals surface area contributed by atoms with Crippen LogP contribution >= 0.6 is 31.9 Å². The molecule has 0 amide bonds. The zero-order valence-corrected chi connectivity index (χ0v) is 12.1. The Morgan fingerprint density at radius 3 is 2.12 bits per heavy atom. The van der Waals surface area contributed by atoms with E-state index in [4.69, 9.17) is 0 Å². The lowest BCUT2D eigenvalue weighted by Crippen LogP contribution is -2.17. The molecule has 0 aliphatic carbocycles. The number of benzene rings is 1. The van der Waals surface area contributed by atoms with Crippen molar-refractivity contribution in [3.05, 3.63) is 39.9 Å². The van der Waals surface area contributed by atoms with Crippen molar-refractivity contribution in [3.8, 4) is 0 Å². The SMILES string of the molecule is CN(C)c1ccc(C(Br)C(Br)[N+](=O)[O-])cc1. The molecule has 0 heterocycles. The minimum absolute atomic E-state index is 0.335. The molecule has 6 heteroatoms. The molecule has 1 rings (SSSR count). The fourth-order valence-electron chi connectivity index (χ4n) is 1.22. The van der Waals surface area contributed by atoms with E-state index in [0.717, 1.165) is 11.3 Å². The summed E-state index contributed by atoms with van der Waals surface area (Å²) in [5, 5.41) is 10.6. The summed E-state index contributed by atoms with van der Waals surface area (Å²) in [4.78, 5) is 11.1. The van der Waals surface area contributed by atoms with E-state index >= 15 is 0 Å². The number of rotatable bonds is 4. The maximum Gasteiger partial charge on any atom is 0.282 e. The Hall–Kier alpha value is -0.620. The molecule has 0 spiro atoms. The van der Waals surface area contributed by atoms with Gasteiger partial charge in [-0.3, -0.25) is 10.1 Å². The van der Waals surface area contributed by atoms with Crippen LogP contribution in [0.1, 0.15) is 10.4 Å². The van der Waals surface area contributed by atoms with Crippen molar-refractivity contribution in [3.63, 3.8) is 0 Å². The quantitative estimate of drug-likeness (QED) is 0.362. The van der Waals surface area contributed by atoms with Crippen molar-refractivity contribution in [2.24, 2.45) is 0 Å². The Morgan fingerprint density at radius 1 is 1.25 bits per heavy atom. The first-order valence-electron chi connectivity index (χ1n) is 4.62. The van der Waals surface area contributed by atoms with Crippen molar-refractivity contribution in [1.29, 1.82) is 0 Å². The van der Waals surface area contributed by atoms with Gasteiger partial charge >= 0.3 is 0 Å². The van der Waals surface area contributed by atoms with Gasteiger partial charge in [-0.1, -0.05) is 28.1 Å². The number of halogens is 2. The maximum absolute atomic E-state index is 10.6. The van der Waals surface area contributed by atoms with Crippen molar-refractivity contribution in [2.45, 2.75) is 9.78 Å². The highest BCUT2D eigenvalue weighted by molar-refractivity contribution is 9.12. The average molecular weight is 352 g/mol. The molecule has 0 aliphatic heterocycles. The summed E-state index contributed by atoms with van der Waals surface area (Å²) in [5.74, 6) is 0. The fourth-order valence-corrected chi connectivity index (χ4v) is 2.03. The van der Waals surface area contributed by atoms with Gasteiger partial charge in [0.15, 0.2) is 0 Å². The fraction of sp³-hybridized carbons (Fsp3) is 0.400. The van der Waals surface area contributed by atoms with E-state index in [9.17, 15) is 10.1 Å². The van der Waals surface area contributed by atoms with Crippen molar-refractivity contribution in [2.75, 3.05) is 19.0 Å². The number of nitro groups is 1. The first-order chi connectivity index (χ1) is 7.43. The molecule has 0 radical (unpaired) electrons. The summed E-state index contributed by atoms with van der Waals surface area (Å²) in [6.07, 6.45) is 0. The van der Waals surface area contributed by atoms with Crippen LogP contribution in [0.2, 0.25) is 0 Å². The molecule has 4 nitrogen and oxygen atoms in total. The van der Waals surface area contributed by atoms with E-state index in [1.165, 1.54) is 0 Å². The lowest BCUT2D eigenvalue weighted by Gasteiger charge is -2.15. The predicted molar refractivity (Wildman–Crippen MR) is 72.1 cm³/mol. The molecule has 2 unspecified atom stereocenters. The number of anilines is 1. The van der Waals surface area contributed by atoms with E-state index in [1.807, 2.05) is 43.3 Å². The lowest BCUT2D eigenvalue weighted by atomic mass is 10.1. The standard InChI is InChI=1S/C10H12Br2N2O2/c1-13(2)8-5-3-7(4-6-8)9(11)10(12)14(15)16/h3-6,9-10H,1-2H3. The number of hydrogen-bond acceptors (Lipinski definition) is 3. The molecule has 0 N–H and O–H groups in total. The number of hydrogen-bond donors (Lipinski definition) is 0. The largest absolute Gasteiger partial charge is 0.378 e. The van der Waals surface area contributed by atoms with Crippen LogP contribution < -0.4 is 4.90 Å². The molecule has 0 aliphatic rings. The van der Waals surface area contributed by atoms with Gasteiger partial charge in [0.1, 0.15) is 4.83 Å². The van der Waals surface area contributed by atoms with Crippen LogP contribution in [0.5, 0.6) is 0 Å². The van der Waals surface area contributed by atoms with Gasteiger partial charge in [0.05, 0.1) is 0 Å². The van der Waals surface area contributed by atoms with Gasteiger partial charge in [-0.05, 0) is 33.6 Å². The minimum Gasteiger partial charge on any atom is -0.378 e. The molecular weight excluding hydrogens is 340 g/mol. The number of alkyl halides is 2. The molecule has 0 fully saturated rings. The second kappa shape index (κ2) is 5.63. The summed E-state index contributed by atoms with van der Waals surface area (Å²) in [5.41, 5.74) is 1.94. The molecular formula is C10H12Br2N2O2. The van der Waals surface area contributed by atoms with Crippen LogP contribution in [0.3, 0.4) is 0 Å². The Morgan fingerprint density at radius 2 is 1.75 bits per heavy atom. The molecule has 1 aromatic carbocycles. The summed E-state index contributed by atoms with van der Waals surface area (Å²) in [7, 11) is 3.90. The normalized spacial score (nSPS) is 14.2. The molecule has 0 saturated heterocycles. The predicted octanol–water partition coefficient (Wildman–Crippen LogP) is 3.19. The highest BCUT2D eigenvalue weighted by atomic mass is 79.9. The maximum atomic E-state index is 10.6. The molecule has 2 atom stereocenters. The van der Waals surface area contributed by atoms with Gasteiger partial charge in [-0.15, -0.1) is 0 Å². The van der Waals surface area contributed by atoms with E-state index in [1.54, 1.807) is 0 Å². The van der Waals surface area contributed by atoms with Gasteiger partial charge in [-0.25, -0.2) is 0 Å². The van der Waals surface area contributed by atoms with Crippen LogP contribution in [-0.4, -0.2) is 24.0 Å². The van der Waals surface area contributed by atoms with E-state index in [-0.39, 0.29) is 9.75 Å².